The number of likely N-dealkylation sites (tertiary alicyclic amines) is 1. The molecule has 0 bridgehead atoms. The molecule has 0 amide bonds. The van der Waals surface area contributed by atoms with Gasteiger partial charge in [0.05, 0.1) is 17.8 Å². The summed E-state index contributed by atoms with van der Waals surface area (Å²) < 4.78 is 5.74. The average Bonchev–Trinajstić information content (AvgIpc) is 3.03. The van der Waals surface area contributed by atoms with E-state index in [1.54, 1.807) is 0 Å². The molecular formula is C23H30N4O. The Hall–Kier alpha value is -2.40. The molecule has 1 N–H and O–H groups in total. The number of fused-ring (bicyclic) bond motifs is 1. The number of para-hydroxylation sites is 1. The van der Waals surface area contributed by atoms with Crippen LogP contribution in [0.1, 0.15) is 42.8 Å². The first-order valence-electron chi connectivity index (χ1n) is 10.4. The Morgan fingerprint density at radius 3 is 2.64 bits per heavy atom. The molecule has 28 heavy (non-hydrogen) atoms. The molecule has 5 heteroatoms. The molecular weight excluding hydrogens is 348 g/mol. The van der Waals surface area contributed by atoms with Crippen molar-refractivity contribution >= 4 is 16.6 Å². The maximum Gasteiger partial charge on any atom is 0.208 e. The van der Waals surface area contributed by atoms with Crippen molar-refractivity contribution in [2.24, 2.45) is 5.92 Å². The molecule has 5 nitrogen and oxygen atoms in total. The Bertz CT molecular complexity index is 921. The number of aryl methyl sites for hydroxylation is 3. The van der Waals surface area contributed by atoms with Crippen LogP contribution in [0.25, 0.3) is 10.9 Å². The van der Waals surface area contributed by atoms with E-state index in [9.17, 15) is 0 Å². The van der Waals surface area contributed by atoms with Crippen molar-refractivity contribution in [3.8, 4) is 0 Å². The summed E-state index contributed by atoms with van der Waals surface area (Å²) in [7, 11) is 0. The summed E-state index contributed by atoms with van der Waals surface area (Å²) in [6, 6.07) is 10.6. The fourth-order valence-corrected chi connectivity index (χ4v) is 3.96. The maximum absolute atomic E-state index is 5.74. The number of rotatable bonds is 6. The summed E-state index contributed by atoms with van der Waals surface area (Å²) >= 11 is 0. The first-order chi connectivity index (χ1) is 13.6. The van der Waals surface area contributed by atoms with E-state index in [1.807, 2.05) is 13.8 Å². The van der Waals surface area contributed by atoms with Gasteiger partial charge in [0.25, 0.3) is 0 Å². The lowest BCUT2D eigenvalue weighted by atomic mass is 9.96. The largest absolute Gasteiger partial charge is 0.444 e. The van der Waals surface area contributed by atoms with Gasteiger partial charge in [-0.2, -0.15) is 0 Å². The van der Waals surface area contributed by atoms with E-state index in [-0.39, 0.29) is 0 Å². The van der Waals surface area contributed by atoms with Crippen LogP contribution < -0.4 is 5.32 Å². The van der Waals surface area contributed by atoms with Gasteiger partial charge in [-0.15, -0.1) is 0 Å². The predicted molar refractivity (Wildman–Crippen MR) is 114 cm³/mol. The van der Waals surface area contributed by atoms with Crippen LogP contribution in [0.3, 0.4) is 0 Å². The van der Waals surface area contributed by atoms with Crippen molar-refractivity contribution in [3.05, 3.63) is 53.4 Å². The zero-order valence-corrected chi connectivity index (χ0v) is 17.2. The number of piperidine rings is 1. The number of hydrogen-bond acceptors (Lipinski definition) is 5. The van der Waals surface area contributed by atoms with Gasteiger partial charge < -0.3 is 9.73 Å². The van der Waals surface area contributed by atoms with Crippen LogP contribution in [0.15, 0.2) is 34.7 Å². The number of nitrogens with zero attached hydrogens (tertiary/aromatic N) is 3. The molecule has 1 fully saturated rings. The van der Waals surface area contributed by atoms with Gasteiger partial charge in [0.2, 0.25) is 5.89 Å². The molecule has 2 aromatic heterocycles. The van der Waals surface area contributed by atoms with Crippen molar-refractivity contribution in [2.45, 2.75) is 46.6 Å². The highest BCUT2D eigenvalue weighted by Crippen LogP contribution is 2.25. The Morgan fingerprint density at radius 2 is 1.93 bits per heavy atom. The molecule has 4 rings (SSSR count). The van der Waals surface area contributed by atoms with E-state index < -0.39 is 0 Å². The van der Waals surface area contributed by atoms with Crippen LogP contribution in [0.2, 0.25) is 0 Å². The topological polar surface area (TPSA) is 54.2 Å². The van der Waals surface area contributed by atoms with Crippen LogP contribution >= 0.6 is 0 Å². The van der Waals surface area contributed by atoms with Crippen LogP contribution in [-0.4, -0.2) is 34.5 Å². The fraction of sp³-hybridized carbons (Fsp3) is 0.478. The summed E-state index contributed by atoms with van der Waals surface area (Å²) in [6.07, 6.45) is 3.36. The lowest BCUT2D eigenvalue weighted by Gasteiger charge is -2.31. The Balaban J connectivity index is 1.34. The summed E-state index contributed by atoms with van der Waals surface area (Å²) in [4.78, 5) is 11.7. The molecule has 0 spiro atoms. The summed E-state index contributed by atoms with van der Waals surface area (Å²) in [6.45, 7) is 10.2. The molecule has 0 radical (unpaired) electrons. The highest BCUT2D eigenvalue weighted by atomic mass is 16.4. The quantitative estimate of drug-likeness (QED) is 0.672. The molecule has 3 aromatic rings. The van der Waals surface area contributed by atoms with Gasteiger partial charge in [0.1, 0.15) is 5.76 Å². The van der Waals surface area contributed by atoms with Crippen LogP contribution in [0.4, 0.5) is 5.69 Å². The zero-order chi connectivity index (χ0) is 19.5. The van der Waals surface area contributed by atoms with Crippen molar-refractivity contribution in [1.29, 1.82) is 0 Å². The molecule has 0 unspecified atom stereocenters. The molecule has 1 saturated heterocycles. The summed E-state index contributed by atoms with van der Waals surface area (Å²) in [5.74, 6) is 2.48. The van der Waals surface area contributed by atoms with E-state index in [0.29, 0.717) is 5.92 Å². The number of oxazole rings is 1. The van der Waals surface area contributed by atoms with Crippen molar-refractivity contribution in [1.82, 2.24) is 14.9 Å². The number of nitrogens with one attached hydrogen (secondary N) is 1. The minimum absolute atomic E-state index is 0.696. The second kappa shape index (κ2) is 8.31. The molecule has 1 aliphatic rings. The van der Waals surface area contributed by atoms with Gasteiger partial charge in [-0.1, -0.05) is 25.1 Å². The van der Waals surface area contributed by atoms with E-state index in [2.05, 4.69) is 52.5 Å². The van der Waals surface area contributed by atoms with Gasteiger partial charge in [-0.05, 0) is 64.3 Å². The lowest BCUT2D eigenvalue weighted by molar-refractivity contribution is 0.167. The SMILES string of the molecule is CCc1cc(NCC2CCN(Cc3nc(C)c(C)o3)CC2)c2ccccc2n1. The first kappa shape index (κ1) is 18.9. The molecule has 148 valence electrons. The number of benzene rings is 1. The van der Waals surface area contributed by atoms with Crippen molar-refractivity contribution in [3.63, 3.8) is 0 Å². The number of hydrogen-bond donors (Lipinski definition) is 1. The molecule has 1 aliphatic heterocycles. The van der Waals surface area contributed by atoms with Gasteiger partial charge >= 0.3 is 0 Å². The van der Waals surface area contributed by atoms with E-state index in [4.69, 9.17) is 9.40 Å². The third-order valence-corrected chi connectivity index (χ3v) is 5.85. The highest BCUT2D eigenvalue weighted by Gasteiger charge is 2.21. The molecule has 0 saturated carbocycles. The molecule has 0 atom stereocenters. The minimum atomic E-state index is 0.696. The monoisotopic (exact) mass is 378 g/mol. The number of pyridine rings is 1. The third kappa shape index (κ3) is 4.20. The van der Waals surface area contributed by atoms with E-state index in [1.165, 1.54) is 23.9 Å². The Kier molecular flexibility index (Phi) is 5.62. The predicted octanol–water partition coefficient (Wildman–Crippen LogP) is 4.73. The van der Waals surface area contributed by atoms with Crippen LogP contribution in [0, 0.1) is 19.8 Å². The smallest absolute Gasteiger partial charge is 0.208 e. The number of anilines is 1. The summed E-state index contributed by atoms with van der Waals surface area (Å²) in [5, 5.41) is 4.93. The lowest BCUT2D eigenvalue weighted by Crippen LogP contribution is -2.35. The average molecular weight is 379 g/mol. The van der Waals surface area contributed by atoms with Gasteiger partial charge in [-0.3, -0.25) is 9.88 Å². The second-order valence-electron chi connectivity index (χ2n) is 7.88. The molecule has 3 heterocycles. The second-order valence-corrected chi connectivity index (χ2v) is 7.88. The number of aromatic nitrogens is 2. The Morgan fingerprint density at radius 1 is 1.14 bits per heavy atom. The van der Waals surface area contributed by atoms with Crippen LogP contribution in [0.5, 0.6) is 0 Å². The van der Waals surface area contributed by atoms with E-state index in [0.717, 1.165) is 61.2 Å². The van der Waals surface area contributed by atoms with Gasteiger partial charge in [0, 0.05) is 23.3 Å². The van der Waals surface area contributed by atoms with Crippen LogP contribution in [-0.2, 0) is 13.0 Å². The first-order valence-corrected chi connectivity index (χ1v) is 10.4. The third-order valence-electron chi connectivity index (χ3n) is 5.85. The Labute approximate surface area is 167 Å². The summed E-state index contributed by atoms with van der Waals surface area (Å²) in [5.41, 5.74) is 4.45. The van der Waals surface area contributed by atoms with Gasteiger partial charge in [0.15, 0.2) is 0 Å². The van der Waals surface area contributed by atoms with E-state index >= 15 is 0 Å². The fourth-order valence-electron chi connectivity index (χ4n) is 3.96. The van der Waals surface area contributed by atoms with Crippen molar-refractivity contribution < 1.29 is 4.42 Å². The molecule has 1 aromatic carbocycles. The van der Waals surface area contributed by atoms with Gasteiger partial charge in [-0.25, -0.2) is 4.98 Å². The highest BCUT2D eigenvalue weighted by molar-refractivity contribution is 5.91. The minimum Gasteiger partial charge on any atom is -0.444 e. The normalized spacial score (nSPS) is 16.0. The van der Waals surface area contributed by atoms with Crippen molar-refractivity contribution in [2.75, 3.05) is 25.0 Å². The maximum atomic E-state index is 5.74. The standard InChI is InChI=1S/C23H30N4O/c1-4-19-13-22(20-7-5-6-8-21(20)26-19)24-14-18-9-11-27(12-10-18)15-23-25-16(2)17(3)28-23/h5-8,13,18H,4,9-12,14-15H2,1-3H3,(H,24,26). The zero-order valence-electron chi connectivity index (χ0n) is 17.2. The molecule has 0 aliphatic carbocycles.